The van der Waals surface area contributed by atoms with E-state index in [0.717, 1.165) is 5.56 Å². The summed E-state index contributed by atoms with van der Waals surface area (Å²) in [5.41, 5.74) is 0.429. The minimum atomic E-state index is -2.89. The fourth-order valence-electron chi connectivity index (χ4n) is 6.57. The first kappa shape index (κ1) is 35.7. The zero-order valence-corrected chi connectivity index (χ0v) is 28.9. The smallest absolute Gasteiger partial charge is 0.407 e. The number of para-hydroxylation sites is 2. The van der Waals surface area contributed by atoms with Crippen molar-refractivity contribution in [2.75, 3.05) is 19.8 Å². The molecule has 2 aromatic carbocycles. The number of benzene rings is 2. The number of halogens is 2. The van der Waals surface area contributed by atoms with Gasteiger partial charge in [0.1, 0.15) is 29.4 Å². The summed E-state index contributed by atoms with van der Waals surface area (Å²) in [6.07, 6.45) is -0.756. The minimum absolute atomic E-state index is 0.0410. The predicted octanol–water partition coefficient (Wildman–Crippen LogP) is 4.91. The molecule has 2 N–H and O–H groups in total. The Bertz CT molecular complexity index is 1860. The van der Waals surface area contributed by atoms with Crippen molar-refractivity contribution in [1.82, 2.24) is 25.5 Å². The number of alkyl carbamates (subject to hydrolysis) is 1. The molecule has 14 heteroatoms. The number of alkyl halides is 2. The molecular weight excluding hydrogens is 664 g/mol. The molecule has 270 valence electrons. The first-order valence-electron chi connectivity index (χ1n) is 17.0. The van der Waals surface area contributed by atoms with Crippen LogP contribution >= 0.6 is 0 Å². The van der Waals surface area contributed by atoms with E-state index in [1.54, 1.807) is 33.8 Å². The number of hydrogen-bond acceptors (Lipinski definition) is 9. The third-order valence-corrected chi connectivity index (χ3v) is 9.33. The maximum Gasteiger partial charge on any atom is 0.407 e. The summed E-state index contributed by atoms with van der Waals surface area (Å²) in [5.74, 6) is -3.67. The Morgan fingerprint density at radius 1 is 1.12 bits per heavy atom. The lowest BCUT2D eigenvalue weighted by Crippen LogP contribution is -2.59. The average molecular weight is 706 g/mol. The van der Waals surface area contributed by atoms with Crippen molar-refractivity contribution in [2.45, 2.75) is 77.1 Å². The van der Waals surface area contributed by atoms with Gasteiger partial charge < -0.3 is 29.7 Å². The summed E-state index contributed by atoms with van der Waals surface area (Å²) >= 11 is 0. The highest BCUT2D eigenvalue weighted by Crippen LogP contribution is 2.49. The van der Waals surface area contributed by atoms with Gasteiger partial charge in [0.15, 0.2) is 0 Å². The van der Waals surface area contributed by atoms with Gasteiger partial charge in [-0.2, -0.15) is 0 Å². The Morgan fingerprint density at radius 2 is 1.86 bits per heavy atom. The number of ether oxygens (including phenoxy) is 3. The van der Waals surface area contributed by atoms with Gasteiger partial charge in [-0.3, -0.25) is 9.59 Å². The maximum atomic E-state index is 14.4. The summed E-state index contributed by atoms with van der Waals surface area (Å²) in [6, 6.07) is 12.4. The SMILES string of the molecule is CCOC(=O)[C@@]1(NC(=O)[C@@H]2C[C@@H]3CN2C(=O)[C@H](C(C)(C)C)NC(=O)OCCC=Cc2cccc(c2)-c2nc4ccccc4nc2O3)C[C@H]1C(F)F. The molecule has 5 atom stereocenters. The lowest BCUT2D eigenvalue weighted by molar-refractivity contribution is -0.151. The van der Waals surface area contributed by atoms with E-state index in [9.17, 15) is 28.0 Å². The number of nitrogens with one attached hydrogen (secondary N) is 2. The number of nitrogens with zero attached hydrogens (tertiary/aromatic N) is 3. The molecule has 0 unspecified atom stereocenters. The first-order valence-corrected chi connectivity index (χ1v) is 17.0. The quantitative estimate of drug-likeness (QED) is 0.354. The Hall–Kier alpha value is -5.14. The van der Waals surface area contributed by atoms with Crippen LogP contribution < -0.4 is 15.4 Å². The van der Waals surface area contributed by atoms with E-state index >= 15 is 0 Å². The van der Waals surface area contributed by atoms with Crippen molar-refractivity contribution in [2.24, 2.45) is 11.3 Å². The molecule has 3 heterocycles. The van der Waals surface area contributed by atoms with E-state index in [4.69, 9.17) is 24.2 Å². The molecule has 3 amide bonds. The van der Waals surface area contributed by atoms with Crippen LogP contribution in [0.1, 0.15) is 52.5 Å². The summed E-state index contributed by atoms with van der Waals surface area (Å²) in [6.45, 7) is 6.64. The zero-order valence-electron chi connectivity index (χ0n) is 28.9. The van der Waals surface area contributed by atoms with Crippen LogP contribution in [0.4, 0.5) is 13.6 Å². The molecule has 1 saturated heterocycles. The van der Waals surface area contributed by atoms with Crippen LogP contribution in [0.25, 0.3) is 28.4 Å². The topological polar surface area (TPSA) is 149 Å². The molecule has 4 bridgehead atoms. The Morgan fingerprint density at radius 3 is 2.55 bits per heavy atom. The number of aromatic nitrogens is 2. The molecule has 1 saturated carbocycles. The number of rotatable bonds is 5. The van der Waals surface area contributed by atoms with E-state index in [1.165, 1.54) is 4.90 Å². The number of carbonyl (C=O) groups excluding carboxylic acids is 4. The highest BCUT2D eigenvalue weighted by molar-refractivity contribution is 5.96. The van der Waals surface area contributed by atoms with E-state index in [0.29, 0.717) is 28.7 Å². The van der Waals surface area contributed by atoms with Crippen LogP contribution in [0.15, 0.2) is 54.6 Å². The average Bonchev–Trinajstić information content (AvgIpc) is 3.68. The second-order valence-electron chi connectivity index (χ2n) is 14.1. The molecule has 3 aromatic rings. The lowest BCUT2D eigenvalue weighted by Gasteiger charge is -2.35. The fraction of sp³-hybridized carbons (Fsp3) is 0.459. The van der Waals surface area contributed by atoms with Gasteiger partial charge in [-0.15, -0.1) is 0 Å². The molecule has 0 radical (unpaired) electrons. The normalized spacial score (nSPS) is 25.2. The summed E-state index contributed by atoms with van der Waals surface area (Å²) < 4.78 is 44.8. The van der Waals surface area contributed by atoms with Gasteiger partial charge in [-0.1, -0.05) is 63.3 Å². The van der Waals surface area contributed by atoms with E-state index in [1.807, 2.05) is 54.6 Å². The van der Waals surface area contributed by atoms with Crippen LogP contribution in [0.3, 0.4) is 0 Å². The molecule has 3 aliphatic rings. The van der Waals surface area contributed by atoms with Crippen LogP contribution in [0.2, 0.25) is 0 Å². The minimum Gasteiger partial charge on any atom is -0.471 e. The van der Waals surface area contributed by atoms with Gasteiger partial charge >= 0.3 is 12.1 Å². The molecule has 0 spiro atoms. The van der Waals surface area contributed by atoms with Crippen molar-refractivity contribution in [3.8, 4) is 17.1 Å². The monoisotopic (exact) mass is 705 g/mol. The highest BCUT2D eigenvalue weighted by Gasteiger charge is 2.67. The van der Waals surface area contributed by atoms with Crippen molar-refractivity contribution in [1.29, 1.82) is 0 Å². The molecule has 2 aliphatic heterocycles. The van der Waals surface area contributed by atoms with Gasteiger partial charge in [0.2, 0.25) is 24.1 Å². The Labute approximate surface area is 293 Å². The molecule has 51 heavy (non-hydrogen) atoms. The van der Waals surface area contributed by atoms with Gasteiger partial charge in [-0.05, 0) is 48.9 Å². The maximum absolute atomic E-state index is 14.4. The molecule has 12 nitrogen and oxygen atoms in total. The highest BCUT2D eigenvalue weighted by atomic mass is 19.3. The van der Waals surface area contributed by atoms with Crippen LogP contribution in [-0.2, 0) is 23.9 Å². The van der Waals surface area contributed by atoms with Crippen molar-refractivity contribution < 1.29 is 42.2 Å². The number of fused-ring (bicyclic) bond motifs is 7. The lowest BCUT2D eigenvalue weighted by atomic mass is 9.85. The van der Waals surface area contributed by atoms with Crippen molar-refractivity contribution in [3.05, 3.63) is 60.2 Å². The summed E-state index contributed by atoms with van der Waals surface area (Å²) in [7, 11) is 0. The Balaban J connectivity index is 1.41. The van der Waals surface area contributed by atoms with E-state index in [2.05, 4.69) is 10.6 Å². The third-order valence-electron chi connectivity index (χ3n) is 9.33. The first-order chi connectivity index (χ1) is 24.3. The predicted molar refractivity (Wildman–Crippen MR) is 183 cm³/mol. The van der Waals surface area contributed by atoms with Gasteiger partial charge in [0.05, 0.1) is 36.7 Å². The van der Waals surface area contributed by atoms with Gasteiger partial charge in [0.25, 0.3) is 0 Å². The Kier molecular flexibility index (Phi) is 9.96. The summed E-state index contributed by atoms with van der Waals surface area (Å²) in [4.78, 5) is 65.3. The number of hydrogen-bond donors (Lipinski definition) is 2. The van der Waals surface area contributed by atoms with Crippen LogP contribution in [0, 0.1) is 11.3 Å². The number of esters is 1. The summed E-state index contributed by atoms with van der Waals surface area (Å²) in [5, 5.41) is 5.19. The van der Waals surface area contributed by atoms with Gasteiger partial charge in [-0.25, -0.2) is 28.3 Å². The van der Waals surface area contributed by atoms with Crippen molar-refractivity contribution >= 4 is 41.0 Å². The number of carbonyl (C=O) groups is 4. The fourth-order valence-corrected chi connectivity index (χ4v) is 6.57. The third kappa shape index (κ3) is 7.49. The molecule has 1 aromatic heterocycles. The largest absolute Gasteiger partial charge is 0.471 e. The van der Waals surface area contributed by atoms with Crippen LogP contribution in [-0.4, -0.2) is 88.7 Å². The molecule has 2 fully saturated rings. The second kappa shape index (κ2) is 14.2. The molecule has 1 aliphatic carbocycles. The number of cyclic esters (lactones) is 1. The van der Waals surface area contributed by atoms with E-state index in [-0.39, 0.29) is 38.5 Å². The molecular formula is C37H41F2N5O7. The van der Waals surface area contributed by atoms with Gasteiger partial charge in [0, 0.05) is 12.0 Å². The zero-order chi connectivity index (χ0) is 36.5. The molecule has 6 rings (SSSR count). The van der Waals surface area contributed by atoms with Crippen molar-refractivity contribution in [3.63, 3.8) is 0 Å². The second-order valence-corrected chi connectivity index (χ2v) is 14.1. The van der Waals surface area contributed by atoms with E-state index < -0.39 is 65.4 Å². The standard InChI is InChI=1S/C37H41F2N5O7/c1-5-49-34(47)37(19-24(37)30(38)39)43-31(45)27-18-23-20-44(27)33(46)29(36(2,3)4)42-35(48)50-16-9-8-11-21-12-10-13-22(17-21)28-32(51-23)41-26-15-7-6-14-25(26)40-28/h6-8,10-15,17,23-24,27,29-30H,5,9,16,18-20H2,1-4H3,(H,42,48)(H,43,45)/t23-,24+,27+,29-,37-/m1/s1. The number of amides is 3. The van der Waals surface area contributed by atoms with Crippen LogP contribution in [0.5, 0.6) is 5.88 Å².